The number of aliphatic hydroxyl groups excluding tert-OH is 1. The van der Waals surface area contributed by atoms with E-state index in [1.807, 2.05) is 0 Å². The Bertz CT molecular complexity index is 1230. The Balaban J connectivity index is 1.91. The van der Waals surface area contributed by atoms with Gasteiger partial charge in [-0.2, -0.15) is 5.26 Å². The SMILES string of the molecule is CNC(=O)[C@@H](CO)NC(=O)c1ccc(-c2ccccc2C#N)nc1NCCc1cccc(F)c1. The quantitative estimate of drug-likeness (QED) is 0.387. The number of aliphatic hydroxyl groups is 1. The van der Waals surface area contributed by atoms with Crippen molar-refractivity contribution in [2.45, 2.75) is 12.5 Å². The monoisotopic (exact) mass is 461 g/mol. The third-order valence-electron chi connectivity index (χ3n) is 5.11. The zero-order valence-electron chi connectivity index (χ0n) is 18.5. The third kappa shape index (κ3) is 5.94. The lowest BCUT2D eigenvalue weighted by molar-refractivity contribution is -0.123. The van der Waals surface area contributed by atoms with Gasteiger partial charge < -0.3 is 21.1 Å². The third-order valence-corrected chi connectivity index (χ3v) is 5.11. The van der Waals surface area contributed by atoms with Crippen molar-refractivity contribution in [1.29, 1.82) is 5.26 Å². The number of anilines is 1. The number of aromatic nitrogens is 1. The molecule has 1 aromatic heterocycles. The summed E-state index contributed by atoms with van der Waals surface area (Å²) < 4.78 is 13.5. The van der Waals surface area contributed by atoms with Gasteiger partial charge in [0.1, 0.15) is 17.7 Å². The summed E-state index contributed by atoms with van der Waals surface area (Å²) in [6.45, 7) is -0.228. The summed E-state index contributed by atoms with van der Waals surface area (Å²) >= 11 is 0. The van der Waals surface area contributed by atoms with E-state index in [1.54, 1.807) is 42.5 Å². The molecule has 8 nitrogen and oxygen atoms in total. The molecule has 4 N–H and O–H groups in total. The van der Waals surface area contributed by atoms with Crippen LogP contribution in [0.4, 0.5) is 10.2 Å². The van der Waals surface area contributed by atoms with Gasteiger partial charge in [0, 0.05) is 19.2 Å². The van der Waals surface area contributed by atoms with Gasteiger partial charge in [0.25, 0.3) is 5.91 Å². The van der Waals surface area contributed by atoms with Crippen LogP contribution in [-0.4, -0.2) is 48.1 Å². The molecule has 1 heterocycles. The summed E-state index contributed by atoms with van der Waals surface area (Å²) in [6, 6.07) is 17.3. The van der Waals surface area contributed by atoms with E-state index in [9.17, 15) is 24.3 Å². The van der Waals surface area contributed by atoms with Crippen molar-refractivity contribution >= 4 is 17.6 Å². The fourth-order valence-electron chi connectivity index (χ4n) is 3.35. The first-order valence-corrected chi connectivity index (χ1v) is 10.6. The largest absolute Gasteiger partial charge is 0.394 e. The Labute approximate surface area is 196 Å². The summed E-state index contributed by atoms with van der Waals surface area (Å²) in [5, 5.41) is 26.9. The van der Waals surface area contributed by atoms with Crippen LogP contribution in [0.3, 0.4) is 0 Å². The summed E-state index contributed by atoms with van der Waals surface area (Å²) in [5.74, 6) is -1.25. The minimum atomic E-state index is -1.13. The van der Waals surface area contributed by atoms with Crippen LogP contribution >= 0.6 is 0 Å². The van der Waals surface area contributed by atoms with E-state index in [0.717, 1.165) is 5.56 Å². The number of pyridine rings is 1. The van der Waals surface area contributed by atoms with E-state index in [1.165, 1.54) is 25.2 Å². The minimum Gasteiger partial charge on any atom is -0.394 e. The number of halogens is 1. The van der Waals surface area contributed by atoms with E-state index in [4.69, 9.17) is 0 Å². The van der Waals surface area contributed by atoms with E-state index in [0.29, 0.717) is 29.8 Å². The molecule has 0 aliphatic heterocycles. The summed E-state index contributed by atoms with van der Waals surface area (Å²) in [5.41, 5.74) is 2.43. The lowest BCUT2D eigenvalue weighted by atomic mass is 10.0. The average molecular weight is 461 g/mol. The first kappa shape index (κ1) is 24.4. The molecule has 0 radical (unpaired) electrons. The maximum Gasteiger partial charge on any atom is 0.255 e. The van der Waals surface area contributed by atoms with Crippen LogP contribution < -0.4 is 16.0 Å². The highest BCUT2D eigenvalue weighted by Crippen LogP contribution is 2.25. The lowest BCUT2D eigenvalue weighted by Gasteiger charge is -2.17. The molecule has 9 heteroatoms. The molecule has 0 bridgehead atoms. The van der Waals surface area contributed by atoms with Crippen molar-refractivity contribution in [3.05, 3.63) is 83.2 Å². The molecule has 2 aromatic carbocycles. The van der Waals surface area contributed by atoms with Gasteiger partial charge in [0.15, 0.2) is 0 Å². The van der Waals surface area contributed by atoms with Gasteiger partial charge in [0.2, 0.25) is 5.91 Å². The molecule has 174 valence electrons. The van der Waals surface area contributed by atoms with Crippen LogP contribution in [0.5, 0.6) is 0 Å². The van der Waals surface area contributed by atoms with Crippen LogP contribution in [0.25, 0.3) is 11.3 Å². The Kier molecular flexibility index (Phi) is 8.26. The number of benzene rings is 2. The van der Waals surface area contributed by atoms with Gasteiger partial charge in [-0.3, -0.25) is 9.59 Å². The molecule has 2 amide bonds. The number of amides is 2. The highest BCUT2D eigenvalue weighted by Gasteiger charge is 2.22. The van der Waals surface area contributed by atoms with Crippen molar-refractivity contribution in [2.75, 3.05) is 25.5 Å². The van der Waals surface area contributed by atoms with Gasteiger partial charge in [-0.25, -0.2) is 9.37 Å². The molecular formula is C25H24FN5O3. The smallest absolute Gasteiger partial charge is 0.255 e. The Hall–Kier alpha value is -4.29. The van der Waals surface area contributed by atoms with Crippen molar-refractivity contribution in [2.24, 2.45) is 0 Å². The van der Waals surface area contributed by atoms with E-state index < -0.39 is 24.5 Å². The Morgan fingerprint density at radius 1 is 1.15 bits per heavy atom. The van der Waals surface area contributed by atoms with Crippen LogP contribution in [-0.2, 0) is 11.2 Å². The number of nitrogens with zero attached hydrogens (tertiary/aromatic N) is 2. The zero-order chi connectivity index (χ0) is 24.5. The maximum atomic E-state index is 13.5. The van der Waals surface area contributed by atoms with Crippen LogP contribution in [0, 0.1) is 17.1 Å². The number of hydrogen-bond acceptors (Lipinski definition) is 6. The predicted octanol–water partition coefficient (Wildman–Crippen LogP) is 2.25. The maximum absolute atomic E-state index is 13.5. The molecule has 0 spiro atoms. The van der Waals surface area contributed by atoms with Crippen LogP contribution in [0.1, 0.15) is 21.5 Å². The van der Waals surface area contributed by atoms with Gasteiger partial charge in [-0.1, -0.05) is 30.3 Å². The van der Waals surface area contributed by atoms with Crippen molar-refractivity contribution in [3.63, 3.8) is 0 Å². The molecule has 3 rings (SSSR count). The molecule has 0 aliphatic carbocycles. The highest BCUT2D eigenvalue weighted by atomic mass is 19.1. The fraction of sp³-hybridized carbons (Fsp3) is 0.200. The number of likely N-dealkylation sites (N-methyl/N-ethyl adjacent to an activating group) is 1. The molecule has 3 aromatic rings. The van der Waals surface area contributed by atoms with E-state index in [-0.39, 0.29) is 17.2 Å². The van der Waals surface area contributed by atoms with Gasteiger partial charge in [-0.05, 0) is 42.3 Å². The topological polar surface area (TPSA) is 127 Å². The molecule has 34 heavy (non-hydrogen) atoms. The van der Waals surface area contributed by atoms with Crippen LogP contribution in [0.15, 0.2) is 60.7 Å². The first-order valence-electron chi connectivity index (χ1n) is 10.6. The second-order valence-corrected chi connectivity index (χ2v) is 7.38. The first-order chi connectivity index (χ1) is 16.5. The zero-order valence-corrected chi connectivity index (χ0v) is 18.5. The molecule has 0 saturated carbocycles. The van der Waals surface area contributed by atoms with Gasteiger partial charge >= 0.3 is 0 Å². The molecule has 1 atom stereocenters. The van der Waals surface area contributed by atoms with E-state index >= 15 is 0 Å². The average Bonchev–Trinajstić information content (AvgIpc) is 2.86. The molecule has 0 aliphatic rings. The number of hydrogen-bond donors (Lipinski definition) is 4. The molecule has 0 unspecified atom stereocenters. The van der Waals surface area contributed by atoms with Crippen molar-refractivity contribution in [1.82, 2.24) is 15.6 Å². The predicted molar refractivity (Wildman–Crippen MR) is 125 cm³/mol. The van der Waals surface area contributed by atoms with Crippen molar-refractivity contribution in [3.8, 4) is 17.3 Å². The minimum absolute atomic E-state index is 0.153. The van der Waals surface area contributed by atoms with E-state index in [2.05, 4.69) is 27.0 Å². The summed E-state index contributed by atoms with van der Waals surface area (Å²) in [4.78, 5) is 29.4. The highest BCUT2D eigenvalue weighted by molar-refractivity contribution is 6.01. The second-order valence-electron chi connectivity index (χ2n) is 7.38. The fourth-order valence-corrected chi connectivity index (χ4v) is 3.35. The number of carbonyl (C=O) groups excluding carboxylic acids is 2. The molecule has 0 saturated heterocycles. The number of carbonyl (C=O) groups is 2. The number of rotatable bonds is 9. The summed E-state index contributed by atoms with van der Waals surface area (Å²) in [6.07, 6.45) is 0.469. The Morgan fingerprint density at radius 3 is 2.65 bits per heavy atom. The number of nitriles is 1. The Morgan fingerprint density at radius 2 is 1.94 bits per heavy atom. The van der Waals surface area contributed by atoms with Gasteiger partial charge in [-0.15, -0.1) is 0 Å². The van der Waals surface area contributed by atoms with Crippen molar-refractivity contribution < 1.29 is 19.1 Å². The standard InChI is InChI=1S/C25H24FN5O3/c1-28-25(34)22(15-32)31-24(33)20-9-10-21(19-8-3-2-6-17(19)14-27)30-23(20)29-12-11-16-5-4-7-18(26)13-16/h2-10,13,22,32H,11-12,15H2,1H3,(H,28,34)(H,29,30)(H,31,33)/t22-/m1/s1. The number of nitrogens with one attached hydrogen (secondary N) is 3. The van der Waals surface area contributed by atoms with Gasteiger partial charge in [0.05, 0.1) is 29.5 Å². The lowest BCUT2D eigenvalue weighted by Crippen LogP contribution is -2.48. The molecule has 0 fully saturated rings. The van der Waals surface area contributed by atoms with Crippen LogP contribution in [0.2, 0.25) is 0 Å². The second kappa shape index (κ2) is 11.5. The summed E-state index contributed by atoms with van der Waals surface area (Å²) in [7, 11) is 1.40. The molecular weight excluding hydrogens is 437 g/mol. The normalized spacial score (nSPS) is 11.2.